The Hall–Kier alpha value is -3.30. The van der Waals surface area contributed by atoms with Crippen molar-refractivity contribution < 1.29 is 4.79 Å². The van der Waals surface area contributed by atoms with Gasteiger partial charge in [0.25, 0.3) is 0 Å². The SMILES string of the molecule is [NH]C(=O)NCc1ccc(C#CCN2CCN([C@H](c3ccccc3)c3ccc(Cl)cc3)CC2)cc1. The molecule has 1 aliphatic heterocycles. The highest BCUT2D eigenvalue weighted by Gasteiger charge is 2.26. The van der Waals surface area contributed by atoms with Gasteiger partial charge in [0.15, 0.2) is 0 Å². The number of halogens is 1. The maximum absolute atomic E-state index is 10.7. The summed E-state index contributed by atoms with van der Waals surface area (Å²) in [5, 5.41) is 3.23. The minimum absolute atomic E-state index is 0.213. The molecule has 0 aliphatic carbocycles. The number of nitrogens with zero attached hydrogens (tertiary/aromatic N) is 2. The van der Waals surface area contributed by atoms with Crippen molar-refractivity contribution in [3.8, 4) is 11.8 Å². The smallest absolute Gasteiger partial charge is 0.333 e. The monoisotopic (exact) mass is 471 g/mol. The van der Waals surface area contributed by atoms with Crippen molar-refractivity contribution in [1.82, 2.24) is 20.9 Å². The van der Waals surface area contributed by atoms with Crippen LogP contribution in [0.4, 0.5) is 4.79 Å². The fourth-order valence-corrected chi connectivity index (χ4v) is 4.34. The van der Waals surface area contributed by atoms with E-state index in [0.717, 1.165) is 48.9 Å². The predicted molar refractivity (Wildman–Crippen MR) is 136 cm³/mol. The molecule has 0 spiro atoms. The van der Waals surface area contributed by atoms with Crippen LogP contribution in [0.1, 0.15) is 28.3 Å². The highest BCUT2D eigenvalue weighted by molar-refractivity contribution is 6.30. The molecule has 0 aromatic heterocycles. The van der Waals surface area contributed by atoms with Gasteiger partial charge in [0.05, 0.1) is 12.6 Å². The van der Waals surface area contributed by atoms with Crippen molar-refractivity contribution in [2.75, 3.05) is 32.7 Å². The number of benzene rings is 3. The van der Waals surface area contributed by atoms with E-state index in [-0.39, 0.29) is 6.04 Å². The molecule has 2 amide bonds. The first-order valence-corrected chi connectivity index (χ1v) is 11.8. The van der Waals surface area contributed by atoms with Crippen LogP contribution >= 0.6 is 11.6 Å². The van der Waals surface area contributed by atoms with Gasteiger partial charge in [-0.1, -0.05) is 78.0 Å². The average molecular weight is 472 g/mol. The largest absolute Gasteiger partial charge is 0.333 e. The second kappa shape index (κ2) is 11.7. The van der Waals surface area contributed by atoms with Crippen LogP contribution in [0.15, 0.2) is 78.9 Å². The van der Waals surface area contributed by atoms with Crippen molar-refractivity contribution in [3.05, 3.63) is 106 Å². The van der Waals surface area contributed by atoms with Gasteiger partial charge in [-0.05, 0) is 41.0 Å². The maximum Gasteiger partial charge on any atom is 0.333 e. The summed E-state index contributed by atoms with van der Waals surface area (Å²) in [6.07, 6.45) is 0. The minimum atomic E-state index is -0.771. The number of amides is 2. The van der Waals surface area contributed by atoms with Gasteiger partial charge in [0.1, 0.15) is 0 Å². The van der Waals surface area contributed by atoms with Crippen molar-refractivity contribution in [2.45, 2.75) is 12.6 Å². The molecule has 1 fully saturated rings. The van der Waals surface area contributed by atoms with Gasteiger partial charge in [-0.2, -0.15) is 0 Å². The lowest BCUT2D eigenvalue weighted by Gasteiger charge is -2.39. The number of hydrogen-bond donors (Lipinski definition) is 1. The number of rotatable bonds is 6. The Morgan fingerprint density at radius 3 is 2.21 bits per heavy atom. The third-order valence-electron chi connectivity index (χ3n) is 6.02. The summed E-state index contributed by atoms with van der Waals surface area (Å²) in [7, 11) is 0. The maximum atomic E-state index is 10.7. The van der Waals surface area contributed by atoms with E-state index >= 15 is 0 Å². The van der Waals surface area contributed by atoms with Crippen LogP contribution in [-0.4, -0.2) is 48.6 Å². The third-order valence-corrected chi connectivity index (χ3v) is 6.27. The number of nitrogens with one attached hydrogen (secondary N) is 2. The van der Waals surface area contributed by atoms with Crippen LogP contribution in [0.5, 0.6) is 0 Å². The zero-order valence-electron chi connectivity index (χ0n) is 19.0. The van der Waals surface area contributed by atoms with E-state index in [1.807, 2.05) is 36.4 Å². The highest BCUT2D eigenvalue weighted by atomic mass is 35.5. The first-order chi connectivity index (χ1) is 16.6. The standard InChI is InChI=1S/C28H28ClN4O/c29-26-14-12-25(13-15-26)27(24-6-2-1-3-7-24)33-19-17-32(18-20-33)16-4-5-22-8-10-23(11-9-22)21-31-28(30)34/h1-3,6-15,27,30H,16-21H2,(H,31,34)/t27-/m1/s1. The average Bonchev–Trinajstić information content (AvgIpc) is 2.86. The molecule has 4 rings (SSSR count). The predicted octanol–water partition coefficient (Wildman–Crippen LogP) is 4.59. The Labute approximate surface area is 206 Å². The van der Waals surface area contributed by atoms with Gasteiger partial charge in [0, 0.05) is 43.3 Å². The van der Waals surface area contributed by atoms with Gasteiger partial charge in [-0.25, -0.2) is 10.5 Å². The van der Waals surface area contributed by atoms with Crippen LogP contribution in [-0.2, 0) is 6.54 Å². The molecule has 0 bridgehead atoms. The summed E-state index contributed by atoms with van der Waals surface area (Å²) < 4.78 is 0. The molecule has 1 saturated heterocycles. The van der Waals surface area contributed by atoms with Gasteiger partial charge in [-0.15, -0.1) is 0 Å². The lowest BCUT2D eigenvalue weighted by Crippen LogP contribution is -2.47. The summed E-state index contributed by atoms with van der Waals surface area (Å²) in [4.78, 5) is 15.6. The molecule has 1 aliphatic rings. The van der Waals surface area contributed by atoms with Gasteiger partial charge in [0.2, 0.25) is 0 Å². The quantitative estimate of drug-likeness (QED) is 0.535. The minimum Gasteiger partial charge on any atom is -0.333 e. The van der Waals surface area contributed by atoms with E-state index in [4.69, 9.17) is 17.3 Å². The van der Waals surface area contributed by atoms with Crippen LogP contribution < -0.4 is 11.1 Å². The Bertz CT molecular complexity index is 1130. The molecule has 3 aromatic carbocycles. The normalized spacial score (nSPS) is 15.2. The number of carbonyl (C=O) groups excluding carboxylic acids is 1. The molecule has 0 saturated carbocycles. The van der Waals surface area contributed by atoms with E-state index in [9.17, 15) is 4.79 Å². The van der Waals surface area contributed by atoms with Crippen molar-refractivity contribution in [2.24, 2.45) is 0 Å². The molecule has 5 nitrogen and oxygen atoms in total. The first kappa shape index (κ1) is 23.8. The Balaban J connectivity index is 1.34. The Morgan fingerprint density at radius 1 is 0.912 bits per heavy atom. The summed E-state index contributed by atoms with van der Waals surface area (Å²) in [6.45, 7) is 4.98. The van der Waals surface area contributed by atoms with Crippen LogP contribution in [0, 0.1) is 11.8 Å². The molecule has 1 radical (unpaired) electrons. The van der Waals surface area contributed by atoms with Crippen molar-refractivity contribution in [1.29, 1.82) is 0 Å². The van der Waals surface area contributed by atoms with Crippen LogP contribution in [0.2, 0.25) is 5.02 Å². The lowest BCUT2D eigenvalue weighted by molar-refractivity contribution is 0.119. The molecule has 1 atom stereocenters. The van der Waals surface area contributed by atoms with Gasteiger partial charge >= 0.3 is 6.03 Å². The second-order valence-corrected chi connectivity index (χ2v) is 8.79. The molecule has 34 heavy (non-hydrogen) atoms. The summed E-state index contributed by atoms with van der Waals surface area (Å²) >= 11 is 6.14. The fourth-order valence-electron chi connectivity index (χ4n) is 4.22. The number of piperazine rings is 1. The van der Waals surface area contributed by atoms with E-state index in [0.29, 0.717) is 6.54 Å². The Morgan fingerprint density at radius 2 is 1.56 bits per heavy atom. The first-order valence-electron chi connectivity index (χ1n) is 11.4. The van der Waals surface area contributed by atoms with E-state index in [2.05, 4.69) is 69.4 Å². The zero-order chi connectivity index (χ0) is 23.8. The molecule has 3 aromatic rings. The molecule has 2 N–H and O–H groups in total. The van der Waals surface area contributed by atoms with Crippen molar-refractivity contribution in [3.63, 3.8) is 0 Å². The summed E-state index contributed by atoms with van der Waals surface area (Å²) in [5.41, 5.74) is 11.4. The fraction of sp³-hybridized carbons (Fsp3) is 0.250. The summed E-state index contributed by atoms with van der Waals surface area (Å²) in [5.74, 6) is 6.53. The number of hydrogen-bond acceptors (Lipinski definition) is 3. The van der Waals surface area contributed by atoms with Crippen molar-refractivity contribution >= 4 is 17.6 Å². The number of urea groups is 1. The third kappa shape index (κ3) is 6.61. The van der Waals surface area contributed by atoms with E-state index in [1.165, 1.54) is 11.1 Å². The van der Waals surface area contributed by atoms with E-state index < -0.39 is 6.03 Å². The molecule has 0 unspecified atom stereocenters. The topological polar surface area (TPSA) is 59.4 Å². The van der Waals surface area contributed by atoms with E-state index in [1.54, 1.807) is 0 Å². The molecular formula is C28H28ClN4O. The second-order valence-electron chi connectivity index (χ2n) is 8.36. The number of carbonyl (C=O) groups is 1. The molecule has 6 heteroatoms. The zero-order valence-corrected chi connectivity index (χ0v) is 19.8. The van der Waals surface area contributed by atoms with Gasteiger partial charge in [-0.3, -0.25) is 9.80 Å². The molecular weight excluding hydrogens is 444 g/mol. The Kier molecular flexibility index (Phi) is 8.21. The summed E-state index contributed by atoms with van der Waals surface area (Å²) in [6, 6.07) is 26.1. The van der Waals surface area contributed by atoms with Gasteiger partial charge < -0.3 is 5.32 Å². The van der Waals surface area contributed by atoms with Crippen LogP contribution in [0.3, 0.4) is 0 Å². The molecule has 1 heterocycles. The highest BCUT2D eigenvalue weighted by Crippen LogP contribution is 2.30. The lowest BCUT2D eigenvalue weighted by atomic mass is 9.96. The van der Waals surface area contributed by atoms with Crippen LogP contribution in [0.25, 0.3) is 0 Å². The molecule has 173 valence electrons.